The zero-order valence-electron chi connectivity index (χ0n) is 17.0. The molecule has 0 unspecified atom stereocenters. The van der Waals surface area contributed by atoms with Crippen molar-refractivity contribution in [3.05, 3.63) is 77.4 Å². The van der Waals surface area contributed by atoms with Crippen molar-refractivity contribution < 1.29 is 24.2 Å². The van der Waals surface area contributed by atoms with Crippen molar-refractivity contribution in [2.45, 2.75) is 6.92 Å². The molecule has 0 bridgehead atoms. The molecule has 1 aliphatic heterocycles. The Labute approximate surface area is 188 Å². The number of fused-ring (bicyclic) bond motifs is 1. The van der Waals surface area contributed by atoms with Gasteiger partial charge in [-0.2, -0.15) is 0 Å². The Hall–Kier alpha value is -4.04. The smallest absolute Gasteiger partial charge is 0.335 e. The van der Waals surface area contributed by atoms with Crippen LogP contribution in [0.25, 0.3) is 16.8 Å². The maximum absolute atomic E-state index is 13.4. The Kier molecular flexibility index (Phi) is 5.70. The first-order valence-electron chi connectivity index (χ1n) is 9.80. The predicted molar refractivity (Wildman–Crippen MR) is 125 cm³/mol. The van der Waals surface area contributed by atoms with Gasteiger partial charge in [0.15, 0.2) is 5.11 Å². The van der Waals surface area contributed by atoms with E-state index in [0.717, 1.165) is 15.7 Å². The van der Waals surface area contributed by atoms with Gasteiger partial charge >= 0.3 is 5.97 Å². The first kappa shape index (κ1) is 21.2. The number of amides is 2. The van der Waals surface area contributed by atoms with Crippen molar-refractivity contribution in [2.75, 3.05) is 11.5 Å². The maximum Gasteiger partial charge on any atom is 0.335 e. The third-order valence-corrected chi connectivity index (χ3v) is 5.26. The van der Waals surface area contributed by atoms with Gasteiger partial charge in [0.2, 0.25) is 0 Å². The van der Waals surface area contributed by atoms with Crippen LogP contribution in [0.2, 0.25) is 0 Å². The number of nitrogens with one attached hydrogen (secondary N) is 1. The van der Waals surface area contributed by atoms with Crippen LogP contribution in [0.1, 0.15) is 22.8 Å². The second-order valence-corrected chi connectivity index (χ2v) is 7.33. The van der Waals surface area contributed by atoms with Gasteiger partial charge in [0.05, 0.1) is 17.9 Å². The van der Waals surface area contributed by atoms with E-state index >= 15 is 0 Å². The van der Waals surface area contributed by atoms with Crippen molar-refractivity contribution in [3.63, 3.8) is 0 Å². The highest BCUT2D eigenvalue weighted by Gasteiger charge is 2.35. The molecule has 1 heterocycles. The van der Waals surface area contributed by atoms with Crippen molar-refractivity contribution >= 4 is 57.6 Å². The summed E-state index contributed by atoms with van der Waals surface area (Å²) in [4.78, 5) is 38.5. The van der Waals surface area contributed by atoms with Gasteiger partial charge in [-0.3, -0.25) is 19.8 Å². The summed E-state index contributed by atoms with van der Waals surface area (Å²) in [7, 11) is 0. The Morgan fingerprint density at radius 1 is 1.12 bits per heavy atom. The fraction of sp³-hybridized carbons (Fsp3) is 0.0833. The summed E-state index contributed by atoms with van der Waals surface area (Å²) < 4.78 is 5.74. The van der Waals surface area contributed by atoms with Gasteiger partial charge in [0.25, 0.3) is 11.8 Å². The number of anilines is 1. The lowest BCUT2D eigenvalue weighted by molar-refractivity contribution is -0.122. The van der Waals surface area contributed by atoms with Crippen LogP contribution in [-0.4, -0.2) is 34.6 Å². The molecule has 160 valence electrons. The molecule has 32 heavy (non-hydrogen) atoms. The number of rotatable bonds is 5. The molecular formula is C24H18N2O5S. The number of carbonyl (C=O) groups is 3. The quantitative estimate of drug-likeness (QED) is 0.352. The second kappa shape index (κ2) is 8.60. The molecule has 0 radical (unpaired) electrons. The van der Waals surface area contributed by atoms with Crippen LogP contribution in [0.4, 0.5) is 5.69 Å². The highest BCUT2D eigenvalue weighted by atomic mass is 32.1. The highest BCUT2D eigenvalue weighted by molar-refractivity contribution is 7.80. The highest BCUT2D eigenvalue weighted by Crippen LogP contribution is 2.32. The Bertz CT molecular complexity index is 1310. The van der Waals surface area contributed by atoms with E-state index in [0.29, 0.717) is 17.9 Å². The first-order chi connectivity index (χ1) is 15.4. The molecule has 0 spiro atoms. The summed E-state index contributed by atoms with van der Waals surface area (Å²) in [5.74, 6) is -1.90. The molecule has 4 rings (SSSR count). The van der Waals surface area contributed by atoms with E-state index in [1.165, 1.54) is 24.3 Å². The third kappa shape index (κ3) is 3.83. The summed E-state index contributed by atoms with van der Waals surface area (Å²) >= 11 is 5.21. The van der Waals surface area contributed by atoms with Crippen molar-refractivity contribution in [3.8, 4) is 5.75 Å². The van der Waals surface area contributed by atoms with Gasteiger partial charge in [-0.15, -0.1) is 0 Å². The van der Waals surface area contributed by atoms with Crippen LogP contribution in [0.3, 0.4) is 0 Å². The number of hydrogen-bond donors (Lipinski definition) is 2. The Morgan fingerprint density at radius 2 is 1.91 bits per heavy atom. The topological polar surface area (TPSA) is 95.9 Å². The normalized spacial score (nSPS) is 15.2. The summed E-state index contributed by atoms with van der Waals surface area (Å²) in [6.07, 6.45) is 1.49. The van der Waals surface area contributed by atoms with E-state index in [9.17, 15) is 19.5 Å². The number of carbonyl (C=O) groups excluding carboxylic acids is 2. The van der Waals surface area contributed by atoms with Crippen LogP contribution in [0.5, 0.6) is 5.75 Å². The monoisotopic (exact) mass is 446 g/mol. The number of hydrogen-bond acceptors (Lipinski definition) is 5. The summed E-state index contributed by atoms with van der Waals surface area (Å²) in [5.41, 5.74) is 0.689. The number of benzene rings is 3. The van der Waals surface area contributed by atoms with E-state index in [2.05, 4.69) is 5.32 Å². The van der Waals surface area contributed by atoms with Crippen LogP contribution < -0.4 is 15.0 Å². The lowest BCUT2D eigenvalue weighted by atomic mass is 9.99. The molecule has 2 amide bonds. The predicted octanol–water partition coefficient (Wildman–Crippen LogP) is 3.77. The molecule has 8 heteroatoms. The number of carboxylic acids is 1. The van der Waals surface area contributed by atoms with Gasteiger partial charge in [-0.1, -0.05) is 36.4 Å². The van der Waals surface area contributed by atoms with Gasteiger partial charge in [-0.25, -0.2) is 4.79 Å². The van der Waals surface area contributed by atoms with Crippen molar-refractivity contribution in [1.29, 1.82) is 0 Å². The van der Waals surface area contributed by atoms with Crippen LogP contribution in [-0.2, 0) is 9.59 Å². The van der Waals surface area contributed by atoms with Gasteiger partial charge in [0.1, 0.15) is 11.3 Å². The van der Waals surface area contributed by atoms with E-state index in [1.807, 2.05) is 37.3 Å². The van der Waals surface area contributed by atoms with Crippen LogP contribution in [0.15, 0.2) is 66.2 Å². The first-order valence-corrected chi connectivity index (χ1v) is 10.2. The molecule has 7 nitrogen and oxygen atoms in total. The van der Waals surface area contributed by atoms with E-state index in [4.69, 9.17) is 17.0 Å². The molecule has 0 aliphatic carbocycles. The molecule has 2 N–H and O–H groups in total. The third-order valence-electron chi connectivity index (χ3n) is 4.97. The number of carboxylic acid groups (broad SMARTS) is 1. The van der Waals surface area contributed by atoms with Gasteiger partial charge < -0.3 is 9.84 Å². The molecule has 0 saturated carbocycles. The fourth-order valence-electron chi connectivity index (χ4n) is 3.52. The lowest BCUT2D eigenvalue weighted by Gasteiger charge is -2.29. The van der Waals surface area contributed by atoms with Crippen LogP contribution >= 0.6 is 12.2 Å². The molecule has 0 atom stereocenters. The minimum Gasteiger partial charge on any atom is -0.493 e. The summed E-state index contributed by atoms with van der Waals surface area (Å²) in [6, 6.07) is 17.1. The standard InChI is InChI=1S/C24H18N2O5S/c1-2-31-20-11-10-14-6-3-4-9-17(14)18(20)13-19-21(27)25-24(32)26(22(19)28)16-8-5-7-15(12-16)23(29)30/h3-13H,2H2,1H3,(H,29,30)(H,25,27,32). The lowest BCUT2D eigenvalue weighted by Crippen LogP contribution is -2.54. The van der Waals surface area contributed by atoms with Gasteiger partial charge in [0, 0.05) is 5.56 Å². The zero-order chi connectivity index (χ0) is 22.8. The minimum atomic E-state index is -1.14. The molecule has 3 aromatic carbocycles. The maximum atomic E-state index is 13.4. The van der Waals surface area contributed by atoms with E-state index < -0.39 is 17.8 Å². The van der Waals surface area contributed by atoms with E-state index in [1.54, 1.807) is 12.1 Å². The number of nitrogens with zero attached hydrogens (tertiary/aromatic N) is 1. The molecule has 1 fully saturated rings. The van der Waals surface area contributed by atoms with Crippen molar-refractivity contribution in [1.82, 2.24) is 5.32 Å². The fourth-order valence-corrected chi connectivity index (χ4v) is 3.80. The van der Waals surface area contributed by atoms with Gasteiger partial charge in [-0.05, 0) is 60.3 Å². The average Bonchev–Trinajstić information content (AvgIpc) is 2.77. The summed E-state index contributed by atoms with van der Waals surface area (Å²) in [6.45, 7) is 2.26. The molecular weight excluding hydrogens is 428 g/mol. The SMILES string of the molecule is CCOc1ccc2ccccc2c1C=C1C(=O)NC(=S)N(c2cccc(C(=O)O)c2)C1=O. The molecule has 1 aliphatic rings. The Balaban J connectivity index is 1.85. The molecule has 0 aromatic heterocycles. The Morgan fingerprint density at radius 3 is 2.66 bits per heavy atom. The van der Waals surface area contributed by atoms with Crippen molar-refractivity contribution in [2.24, 2.45) is 0 Å². The number of thiocarbonyl (C=S) groups is 1. The number of aromatic carboxylic acids is 1. The number of ether oxygens (including phenoxy) is 1. The second-order valence-electron chi connectivity index (χ2n) is 6.94. The average molecular weight is 446 g/mol. The largest absolute Gasteiger partial charge is 0.493 e. The molecule has 3 aromatic rings. The minimum absolute atomic E-state index is 0.00628. The molecule has 1 saturated heterocycles. The zero-order valence-corrected chi connectivity index (χ0v) is 17.8. The van der Waals surface area contributed by atoms with E-state index in [-0.39, 0.29) is 21.9 Å². The summed E-state index contributed by atoms with van der Waals surface area (Å²) in [5, 5.41) is 13.4. The van der Waals surface area contributed by atoms with Crippen LogP contribution in [0, 0.1) is 0 Å².